The number of hydrogen-bond donors (Lipinski definition) is 1. The molecule has 0 spiro atoms. The number of benzene rings is 2. The van der Waals surface area contributed by atoms with Gasteiger partial charge in [0.1, 0.15) is 0 Å². The number of unbranched alkanes of at least 4 members (excludes halogenated alkanes) is 1. The molecule has 1 aliphatic rings. The molecule has 8 nitrogen and oxygen atoms in total. The molecule has 0 radical (unpaired) electrons. The van der Waals surface area contributed by atoms with Crippen molar-refractivity contribution in [3.05, 3.63) is 59.1 Å². The number of hydrogen-bond acceptors (Lipinski definition) is 6. The Kier molecular flexibility index (Phi) is 8.43. The Morgan fingerprint density at radius 3 is 2.58 bits per heavy atom. The number of nitrogens with zero attached hydrogens (tertiary/aromatic N) is 1. The summed E-state index contributed by atoms with van der Waals surface area (Å²) in [5, 5.41) is 3.05. The van der Waals surface area contributed by atoms with E-state index in [-0.39, 0.29) is 18.9 Å². The molecule has 0 saturated carbocycles. The lowest BCUT2D eigenvalue weighted by molar-refractivity contribution is -0.151. The summed E-state index contributed by atoms with van der Waals surface area (Å²) in [6.07, 6.45) is 1.71. The molecule has 174 valence electrons. The summed E-state index contributed by atoms with van der Waals surface area (Å²) in [6.45, 7) is 2.04. The Hall–Kier alpha value is -3.39. The average molecular weight is 473 g/mol. The summed E-state index contributed by atoms with van der Waals surface area (Å²) in [5.41, 5.74) is 1.45. The molecular weight excluding hydrogens is 448 g/mol. The molecule has 2 aromatic carbocycles. The molecule has 0 aliphatic carbocycles. The molecule has 0 bridgehead atoms. The van der Waals surface area contributed by atoms with Gasteiger partial charge in [-0.2, -0.15) is 0 Å². The van der Waals surface area contributed by atoms with Gasteiger partial charge >= 0.3 is 11.9 Å². The van der Waals surface area contributed by atoms with Gasteiger partial charge in [-0.05, 0) is 48.9 Å². The molecule has 1 heterocycles. The fourth-order valence-corrected chi connectivity index (χ4v) is 3.49. The number of carbonyl (C=O) groups is 4. The van der Waals surface area contributed by atoms with Crippen LogP contribution in [0.1, 0.15) is 36.5 Å². The summed E-state index contributed by atoms with van der Waals surface area (Å²) in [7, 11) is 0. The normalized spacial score (nSPS) is 15.3. The molecular formula is C24H25ClN2O6. The lowest BCUT2D eigenvalue weighted by Crippen LogP contribution is -2.28. The van der Waals surface area contributed by atoms with Crippen LogP contribution in [-0.2, 0) is 23.9 Å². The minimum Gasteiger partial charge on any atom is -0.462 e. The third-order valence-electron chi connectivity index (χ3n) is 5.06. The summed E-state index contributed by atoms with van der Waals surface area (Å²) in [4.78, 5) is 50.3. The van der Waals surface area contributed by atoms with Crippen molar-refractivity contribution in [3.8, 4) is 0 Å². The minimum absolute atomic E-state index is 0.0183. The smallest absolute Gasteiger partial charge is 0.338 e. The number of ether oxygens (including phenoxy) is 2. The van der Waals surface area contributed by atoms with Crippen molar-refractivity contribution in [2.75, 3.05) is 30.0 Å². The van der Waals surface area contributed by atoms with Crippen LogP contribution in [0.3, 0.4) is 0 Å². The summed E-state index contributed by atoms with van der Waals surface area (Å²) in [5.74, 6) is -2.47. The molecule has 2 aromatic rings. The summed E-state index contributed by atoms with van der Waals surface area (Å²) in [6, 6.07) is 13.0. The van der Waals surface area contributed by atoms with Gasteiger partial charge in [0, 0.05) is 29.4 Å². The van der Waals surface area contributed by atoms with E-state index in [4.69, 9.17) is 21.1 Å². The van der Waals surface area contributed by atoms with Gasteiger partial charge in [-0.25, -0.2) is 4.79 Å². The highest BCUT2D eigenvalue weighted by Gasteiger charge is 2.36. The van der Waals surface area contributed by atoms with E-state index in [0.717, 1.165) is 12.8 Å². The standard InChI is InChI=1S/C24H25ClN2O6/c1-2-3-11-32-23(30)16-7-9-20(10-8-16)27-14-17(12-22(27)29)24(31)33-15-21(28)26-19-6-4-5-18(25)13-19/h4-10,13,17H,2-3,11-12,14-15H2,1H3,(H,26,28)/t17-/m1/s1. The van der Waals surface area contributed by atoms with Gasteiger partial charge in [0.25, 0.3) is 5.91 Å². The summed E-state index contributed by atoms with van der Waals surface area (Å²) >= 11 is 5.87. The molecule has 0 aromatic heterocycles. The van der Waals surface area contributed by atoms with Crippen LogP contribution in [0.2, 0.25) is 5.02 Å². The Bertz CT molecular complexity index is 1020. The second-order valence-corrected chi connectivity index (χ2v) is 8.04. The first-order valence-corrected chi connectivity index (χ1v) is 11.0. The van der Waals surface area contributed by atoms with E-state index in [9.17, 15) is 19.2 Å². The summed E-state index contributed by atoms with van der Waals surface area (Å²) < 4.78 is 10.3. The Labute approximate surface area is 196 Å². The quantitative estimate of drug-likeness (QED) is 0.439. The van der Waals surface area contributed by atoms with E-state index in [1.807, 2.05) is 6.92 Å². The van der Waals surface area contributed by atoms with Crippen molar-refractivity contribution in [1.29, 1.82) is 0 Å². The van der Waals surface area contributed by atoms with Gasteiger partial charge < -0.3 is 19.7 Å². The van der Waals surface area contributed by atoms with Crippen LogP contribution in [0.5, 0.6) is 0 Å². The lowest BCUT2D eigenvalue weighted by atomic mass is 10.1. The second kappa shape index (κ2) is 11.5. The fraction of sp³-hybridized carbons (Fsp3) is 0.333. The predicted octanol–water partition coefficient (Wildman–Crippen LogP) is 3.83. The van der Waals surface area contributed by atoms with Crippen molar-refractivity contribution in [1.82, 2.24) is 0 Å². The monoisotopic (exact) mass is 472 g/mol. The van der Waals surface area contributed by atoms with Gasteiger partial charge in [0.15, 0.2) is 6.61 Å². The predicted molar refractivity (Wildman–Crippen MR) is 123 cm³/mol. The molecule has 9 heteroatoms. The van der Waals surface area contributed by atoms with Crippen molar-refractivity contribution >= 4 is 46.7 Å². The first-order valence-electron chi connectivity index (χ1n) is 10.7. The zero-order valence-electron chi connectivity index (χ0n) is 18.2. The first kappa shape index (κ1) is 24.3. The Balaban J connectivity index is 1.50. The molecule has 33 heavy (non-hydrogen) atoms. The first-order chi connectivity index (χ1) is 15.9. The maximum absolute atomic E-state index is 12.4. The van der Waals surface area contributed by atoms with Crippen LogP contribution in [0.4, 0.5) is 11.4 Å². The molecule has 1 fully saturated rings. The third-order valence-corrected chi connectivity index (χ3v) is 5.29. The second-order valence-electron chi connectivity index (χ2n) is 7.61. The van der Waals surface area contributed by atoms with Crippen molar-refractivity contribution in [2.45, 2.75) is 26.2 Å². The minimum atomic E-state index is -0.685. The maximum Gasteiger partial charge on any atom is 0.338 e. The van der Waals surface area contributed by atoms with E-state index in [1.165, 1.54) is 4.90 Å². The third kappa shape index (κ3) is 6.79. The van der Waals surface area contributed by atoms with Crippen LogP contribution in [0.25, 0.3) is 0 Å². The lowest BCUT2D eigenvalue weighted by Gasteiger charge is -2.17. The van der Waals surface area contributed by atoms with Crippen LogP contribution >= 0.6 is 11.6 Å². The largest absolute Gasteiger partial charge is 0.462 e. The highest BCUT2D eigenvalue weighted by molar-refractivity contribution is 6.30. The molecule has 1 saturated heterocycles. The van der Waals surface area contributed by atoms with Gasteiger partial charge in [-0.15, -0.1) is 0 Å². The zero-order valence-corrected chi connectivity index (χ0v) is 19.0. The number of carbonyl (C=O) groups excluding carboxylic acids is 4. The van der Waals surface area contributed by atoms with Crippen LogP contribution < -0.4 is 10.2 Å². The van der Waals surface area contributed by atoms with E-state index in [0.29, 0.717) is 28.6 Å². The average Bonchev–Trinajstić information content (AvgIpc) is 3.19. The van der Waals surface area contributed by atoms with Gasteiger partial charge in [-0.1, -0.05) is 31.0 Å². The van der Waals surface area contributed by atoms with Gasteiger partial charge in [-0.3, -0.25) is 14.4 Å². The van der Waals surface area contributed by atoms with E-state index in [1.54, 1.807) is 48.5 Å². The number of rotatable bonds is 9. The van der Waals surface area contributed by atoms with Crippen LogP contribution in [0.15, 0.2) is 48.5 Å². The Morgan fingerprint density at radius 1 is 1.12 bits per heavy atom. The fourth-order valence-electron chi connectivity index (χ4n) is 3.30. The molecule has 0 unspecified atom stereocenters. The van der Waals surface area contributed by atoms with E-state index < -0.39 is 30.4 Å². The van der Waals surface area contributed by atoms with Gasteiger partial charge in [0.05, 0.1) is 18.1 Å². The van der Waals surface area contributed by atoms with Crippen molar-refractivity contribution in [3.63, 3.8) is 0 Å². The number of esters is 2. The van der Waals surface area contributed by atoms with Crippen LogP contribution in [0, 0.1) is 5.92 Å². The molecule has 1 N–H and O–H groups in total. The van der Waals surface area contributed by atoms with E-state index >= 15 is 0 Å². The SMILES string of the molecule is CCCCOC(=O)c1ccc(N2C[C@H](C(=O)OCC(=O)Nc3cccc(Cl)c3)CC2=O)cc1. The molecule has 1 aliphatic heterocycles. The zero-order chi connectivity index (χ0) is 23.8. The number of anilines is 2. The maximum atomic E-state index is 12.4. The Morgan fingerprint density at radius 2 is 1.88 bits per heavy atom. The topological polar surface area (TPSA) is 102 Å². The molecule has 2 amide bonds. The molecule has 1 atom stereocenters. The van der Waals surface area contributed by atoms with Crippen molar-refractivity contribution in [2.24, 2.45) is 5.92 Å². The highest BCUT2D eigenvalue weighted by Crippen LogP contribution is 2.26. The number of nitrogens with one attached hydrogen (secondary N) is 1. The highest BCUT2D eigenvalue weighted by atomic mass is 35.5. The van der Waals surface area contributed by atoms with Crippen molar-refractivity contribution < 1.29 is 28.7 Å². The van der Waals surface area contributed by atoms with E-state index in [2.05, 4.69) is 5.32 Å². The van der Waals surface area contributed by atoms with Gasteiger partial charge in [0.2, 0.25) is 5.91 Å². The number of amides is 2. The van der Waals surface area contributed by atoms with Crippen LogP contribution in [-0.4, -0.2) is 43.5 Å². The number of halogens is 1. The molecule has 3 rings (SSSR count).